The molecule has 0 saturated heterocycles. The van der Waals surface area contributed by atoms with Crippen molar-refractivity contribution >= 4 is 32.9 Å². The van der Waals surface area contributed by atoms with Crippen LogP contribution in [0.1, 0.15) is 10.4 Å². The number of carboxylic acid groups (broad SMARTS) is 1. The molecule has 2 aromatic rings. The molecule has 6 nitrogen and oxygen atoms in total. The second kappa shape index (κ2) is 3.77. The molecule has 3 N–H and O–H groups in total. The number of rotatable bonds is 1. The summed E-state index contributed by atoms with van der Waals surface area (Å²) in [4.78, 5) is 22.0. The molecule has 0 aliphatic carbocycles. The van der Waals surface area contributed by atoms with Gasteiger partial charge >= 0.3 is 11.6 Å². The van der Waals surface area contributed by atoms with Crippen molar-refractivity contribution in [2.75, 3.05) is 0 Å². The summed E-state index contributed by atoms with van der Waals surface area (Å²) in [7, 11) is 0. The summed E-state index contributed by atoms with van der Waals surface area (Å²) < 4.78 is 4.81. The smallest absolute Gasteiger partial charge is 0.351 e. The molecule has 1 aromatic heterocycles. The minimum atomic E-state index is -1.43. The average molecular weight is 301 g/mol. The van der Waals surface area contributed by atoms with E-state index in [-0.39, 0.29) is 15.4 Å². The van der Waals surface area contributed by atoms with Gasteiger partial charge in [-0.3, -0.25) is 0 Å². The molecule has 0 saturated carbocycles. The molecule has 0 bridgehead atoms. The summed E-state index contributed by atoms with van der Waals surface area (Å²) in [6.45, 7) is 0. The molecule has 0 aliphatic rings. The standard InChI is InChI=1S/C10H5BrO6/c11-5-2-3-1-4(9(14)15)10(16)17-8(3)7(13)6(5)12/h1-2,12-13H,(H,14,15). The van der Waals surface area contributed by atoms with E-state index in [2.05, 4.69) is 20.3 Å². The van der Waals surface area contributed by atoms with Crippen molar-refractivity contribution in [3.8, 4) is 11.5 Å². The van der Waals surface area contributed by atoms with Gasteiger partial charge in [-0.15, -0.1) is 0 Å². The van der Waals surface area contributed by atoms with Gasteiger partial charge in [0.15, 0.2) is 11.3 Å². The SMILES string of the molecule is O=C(O)c1cc2cc(Br)c(O)c(O)c2oc1=O. The quantitative estimate of drug-likeness (QED) is 0.546. The predicted octanol–water partition coefficient (Wildman–Crippen LogP) is 1.66. The molecule has 0 unspecified atom stereocenters. The molecule has 2 rings (SSSR count). The fourth-order valence-electron chi connectivity index (χ4n) is 1.35. The number of fused-ring (bicyclic) bond motifs is 1. The summed E-state index contributed by atoms with van der Waals surface area (Å²) in [6, 6.07) is 2.40. The second-order valence-electron chi connectivity index (χ2n) is 3.23. The van der Waals surface area contributed by atoms with E-state index in [0.29, 0.717) is 0 Å². The number of phenols is 2. The highest BCUT2D eigenvalue weighted by molar-refractivity contribution is 9.10. The highest BCUT2D eigenvalue weighted by atomic mass is 79.9. The molecule has 88 valence electrons. The molecule has 7 heteroatoms. The highest BCUT2D eigenvalue weighted by Crippen LogP contribution is 2.39. The number of benzene rings is 1. The Bertz CT molecular complexity index is 687. The first-order valence-corrected chi connectivity index (χ1v) is 5.12. The van der Waals surface area contributed by atoms with E-state index in [0.717, 1.165) is 6.07 Å². The number of hydrogen-bond acceptors (Lipinski definition) is 5. The minimum Gasteiger partial charge on any atom is -0.503 e. The monoisotopic (exact) mass is 300 g/mol. The Kier molecular flexibility index (Phi) is 2.55. The lowest BCUT2D eigenvalue weighted by Crippen LogP contribution is -2.12. The number of carbonyl (C=O) groups is 1. The van der Waals surface area contributed by atoms with Gasteiger partial charge < -0.3 is 19.7 Å². The molecule has 0 fully saturated rings. The molecular formula is C10H5BrO6. The van der Waals surface area contributed by atoms with Gasteiger partial charge in [0, 0.05) is 5.39 Å². The lowest BCUT2D eigenvalue weighted by atomic mass is 10.1. The molecule has 0 atom stereocenters. The van der Waals surface area contributed by atoms with Crippen molar-refractivity contribution in [1.29, 1.82) is 0 Å². The topological polar surface area (TPSA) is 108 Å². The van der Waals surface area contributed by atoms with E-state index in [1.807, 2.05) is 0 Å². The Balaban J connectivity index is 2.94. The lowest BCUT2D eigenvalue weighted by molar-refractivity contribution is 0.0692. The maximum absolute atomic E-state index is 11.3. The van der Waals surface area contributed by atoms with E-state index in [1.54, 1.807) is 0 Å². The van der Waals surface area contributed by atoms with Crippen LogP contribution in [0.25, 0.3) is 11.0 Å². The van der Waals surface area contributed by atoms with Gasteiger partial charge in [-0.2, -0.15) is 0 Å². The highest BCUT2D eigenvalue weighted by Gasteiger charge is 2.17. The van der Waals surface area contributed by atoms with Gasteiger partial charge in [0.05, 0.1) is 4.47 Å². The van der Waals surface area contributed by atoms with Gasteiger partial charge in [0.2, 0.25) is 5.75 Å². The first-order chi connectivity index (χ1) is 7.91. The number of hydrogen-bond donors (Lipinski definition) is 3. The number of carboxylic acids is 1. The van der Waals surface area contributed by atoms with Crippen LogP contribution in [0.4, 0.5) is 0 Å². The largest absolute Gasteiger partial charge is 0.503 e. The van der Waals surface area contributed by atoms with Crippen LogP contribution in [0.2, 0.25) is 0 Å². The summed E-state index contributed by atoms with van der Waals surface area (Å²) in [5, 5.41) is 27.9. The number of phenolic OH excluding ortho intramolecular Hbond substituents is 2. The van der Waals surface area contributed by atoms with Crippen molar-refractivity contribution in [2.24, 2.45) is 0 Å². The molecule has 0 spiro atoms. The van der Waals surface area contributed by atoms with Crippen LogP contribution < -0.4 is 5.63 Å². The molecule has 17 heavy (non-hydrogen) atoms. The average Bonchev–Trinajstić information content (AvgIpc) is 2.26. The van der Waals surface area contributed by atoms with Gasteiger partial charge in [0.25, 0.3) is 0 Å². The minimum absolute atomic E-state index is 0.160. The van der Waals surface area contributed by atoms with Crippen LogP contribution >= 0.6 is 15.9 Å². The third-order valence-electron chi connectivity index (χ3n) is 2.15. The van der Waals surface area contributed by atoms with E-state index >= 15 is 0 Å². The summed E-state index contributed by atoms with van der Waals surface area (Å²) >= 11 is 2.97. The van der Waals surface area contributed by atoms with Crippen LogP contribution in [0.3, 0.4) is 0 Å². The Labute approximate surface area is 102 Å². The van der Waals surface area contributed by atoms with Gasteiger partial charge in [-0.1, -0.05) is 0 Å². The van der Waals surface area contributed by atoms with Crippen molar-refractivity contribution in [3.05, 3.63) is 32.6 Å². The zero-order valence-electron chi connectivity index (χ0n) is 8.10. The van der Waals surface area contributed by atoms with Crippen molar-refractivity contribution < 1.29 is 24.5 Å². The Hall–Kier alpha value is -2.02. The zero-order chi connectivity index (χ0) is 12.7. The van der Waals surface area contributed by atoms with Crippen molar-refractivity contribution in [3.63, 3.8) is 0 Å². The van der Waals surface area contributed by atoms with E-state index in [4.69, 9.17) is 5.11 Å². The third kappa shape index (κ3) is 1.74. The predicted molar refractivity (Wildman–Crippen MR) is 60.5 cm³/mol. The van der Waals surface area contributed by atoms with E-state index in [9.17, 15) is 19.8 Å². The van der Waals surface area contributed by atoms with Crippen LogP contribution in [-0.2, 0) is 0 Å². The van der Waals surface area contributed by atoms with Crippen molar-refractivity contribution in [1.82, 2.24) is 0 Å². The first-order valence-electron chi connectivity index (χ1n) is 4.33. The van der Waals surface area contributed by atoms with Gasteiger partial charge in [-0.05, 0) is 28.1 Å². The Morgan fingerprint density at radius 3 is 2.47 bits per heavy atom. The molecule has 0 amide bonds. The van der Waals surface area contributed by atoms with Crippen molar-refractivity contribution in [2.45, 2.75) is 0 Å². The molecule has 1 heterocycles. The Morgan fingerprint density at radius 2 is 1.88 bits per heavy atom. The van der Waals surface area contributed by atoms with Crippen LogP contribution in [-0.4, -0.2) is 21.3 Å². The molecule has 0 radical (unpaired) electrons. The summed E-state index contributed by atoms with van der Waals surface area (Å²) in [5.74, 6) is -2.53. The second-order valence-corrected chi connectivity index (χ2v) is 4.08. The van der Waals surface area contributed by atoms with Crippen LogP contribution in [0.15, 0.2) is 25.8 Å². The van der Waals surface area contributed by atoms with E-state index in [1.165, 1.54) is 6.07 Å². The van der Waals surface area contributed by atoms with E-state index < -0.39 is 28.7 Å². The first kappa shape index (κ1) is 11.5. The fraction of sp³-hybridized carbons (Fsp3) is 0. The molecule has 0 aliphatic heterocycles. The lowest BCUT2D eigenvalue weighted by Gasteiger charge is -2.04. The van der Waals surface area contributed by atoms with Crippen LogP contribution in [0.5, 0.6) is 11.5 Å². The third-order valence-corrected chi connectivity index (χ3v) is 2.76. The zero-order valence-corrected chi connectivity index (χ0v) is 9.69. The normalized spacial score (nSPS) is 10.6. The molecular weight excluding hydrogens is 296 g/mol. The number of halogens is 1. The Morgan fingerprint density at radius 1 is 1.24 bits per heavy atom. The maximum atomic E-state index is 11.3. The van der Waals surface area contributed by atoms with Gasteiger partial charge in [-0.25, -0.2) is 9.59 Å². The summed E-state index contributed by atoms with van der Waals surface area (Å²) in [5.41, 5.74) is -1.91. The number of aromatic hydroxyl groups is 2. The van der Waals surface area contributed by atoms with Gasteiger partial charge in [0.1, 0.15) is 5.56 Å². The molecule has 1 aromatic carbocycles. The fourth-order valence-corrected chi connectivity index (χ4v) is 1.79. The maximum Gasteiger partial charge on any atom is 0.351 e. The van der Waals surface area contributed by atoms with Crippen LogP contribution in [0, 0.1) is 0 Å². The number of aromatic carboxylic acids is 1. The summed E-state index contributed by atoms with van der Waals surface area (Å²) in [6.07, 6.45) is 0.